The van der Waals surface area contributed by atoms with Crippen LogP contribution in [0, 0.1) is 5.82 Å². The number of carbonyl (C=O) groups is 1. The Hall–Kier alpha value is -1.88. The van der Waals surface area contributed by atoms with E-state index in [0.29, 0.717) is 22.5 Å². The van der Waals surface area contributed by atoms with Crippen LogP contribution in [0.5, 0.6) is 5.75 Å². The molecule has 0 aliphatic carbocycles. The molecule has 1 N–H and O–H groups in total. The summed E-state index contributed by atoms with van der Waals surface area (Å²) in [6.45, 7) is 2.36. The molecule has 0 aromatic heterocycles. The van der Waals surface area contributed by atoms with E-state index in [1.54, 1.807) is 24.3 Å². The summed E-state index contributed by atoms with van der Waals surface area (Å²) in [5.41, 5.74) is 0.794. The van der Waals surface area contributed by atoms with Crippen LogP contribution in [-0.4, -0.2) is 12.5 Å². The number of para-hydroxylation sites is 2. The van der Waals surface area contributed by atoms with Crippen molar-refractivity contribution in [3.8, 4) is 5.75 Å². The van der Waals surface area contributed by atoms with Crippen molar-refractivity contribution < 1.29 is 13.9 Å². The van der Waals surface area contributed by atoms with Crippen LogP contribution in [0.1, 0.15) is 17.3 Å². The number of anilines is 1. The summed E-state index contributed by atoms with van der Waals surface area (Å²) < 4.78 is 19.2. The van der Waals surface area contributed by atoms with Gasteiger partial charge in [-0.15, -0.1) is 0 Å². The molecule has 0 bridgehead atoms. The van der Waals surface area contributed by atoms with Gasteiger partial charge in [-0.1, -0.05) is 28.1 Å². The second kappa shape index (κ2) is 6.52. The van der Waals surface area contributed by atoms with Crippen molar-refractivity contribution in [2.75, 3.05) is 11.9 Å². The Morgan fingerprint density at radius 3 is 2.75 bits per heavy atom. The van der Waals surface area contributed by atoms with Crippen LogP contribution in [0.2, 0.25) is 0 Å². The van der Waals surface area contributed by atoms with Gasteiger partial charge in [0.1, 0.15) is 11.6 Å². The summed E-state index contributed by atoms with van der Waals surface area (Å²) in [7, 11) is 0. The van der Waals surface area contributed by atoms with Crippen LogP contribution in [0.25, 0.3) is 0 Å². The minimum Gasteiger partial charge on any atom is -0.492 e. The molecule has 0 aliphatic heterocycles. The van der Waals surface area contributed by atoms with E-state index >= 15 is 0 Å². The van der Waals surface area contributed by atoms with Gasteiger partial charge in [-0.05, 0) is 37.3 Å². The van der Waals surface area contributed by atoms with Gasteiger partial charge in [0.15, 0.2) is 0 Å². The Labute approximate surface area is 124 Å². The van der Waals surface area contributed by atoms with E-state index in [-0.39, 0.29) is 5.56 Å². The summed E-state index contributed by atoms with van der Waals surface area (Å²) in [5, 5.41) is 2.71. The summed E-state index contributed by atoms with van der Waals surface area (Å²) >= 11 is 3.16. The lowest BCUT2D eigenvalue weighted by atomic mass is 10.2. The Kier molecular flexibility index (Phi) is 4.74. The fourth-order valence-electron chi connectivity index (χ4n) is 1.73. The lowest BCUT2D eigenvalue weighted by molar-refractivity contribution is 0.102. The number of hydrogen-bond acceptors (Lipinski definition) is 2. The van der Waals surface area contributed by atoms with E-state index in [1.807, 2.05) is 13.0 Å². The molecule has 0 heterocycles. The molecule has 0 saturated carbocycles. The molecule has 5 heteroatoms. The molecule has 0 radical (unpaired) electrons. The predicted octanol–water partition coefficient (Wildman–Crippen LogP) is 4.24. The summed E-state index contributed by atoms with van der Waals surface area (Å²) in [5.74, 6) is -0.279. The number of ether oxygens (including phenoxy) is 1. The smallest absolute Gasteiger partial charge is 0.255 e. The highest BCUT2D eigenvalue weighted by molar-refractivity contribution is 9.10. The standard InChI is InChI=1S/C15H13BrFNO2/c1-2-20-14-6-4-3-5-13(14)18-15(19)10-7-11(16)9-12(17)8-10/h3-9H,2H2,1H3,(H,18,19). The number of benzene rings is 2. The van der Waals surface area contributed by atoms with E-state index in [2.05, 4.69) is 21.2 Å². The first-order valence-electron chi connectivity index (χ1n) is 6.09. The second-order valence-electron chi connectivity index (χ2n) is 4.04. The first-order chi connectivity index (χ1) is 9.60. The zero-order valence-electron chi connectivity index (χ0n) is 10.8. The van der Waals surface area contributed by atoms with Gasteiger partial charge < -0.3 is 10.1 Å². The number of carbonyl (C=O) groups excluding carboxylic acids is 1. The average molecular weight is 338 g/mol. The third-order valence-corrected chi connectivity index (χ3v) is 3.02. The van der Waals surface area contributed by atoms with E-state index in [9.17, 15) is 9.18 Å². The Morgan fingerprint density at radius 2 is 2.05 bits per heavy atom. The Balaban J connectivity index is 2.23. The number of nitrogens with one attached hydrogen (secondary N) is 1. The molecule has 2 aromatic carbocycles. The molecule has 0 fully saturated rings. The maximum atomic E-state index is 13.3. The largest absolute Gasteiger partial charge is 0.492 e. The van der Waals surface area contributed by atoms with Gasteiger partial charge in [-0.3, -0.25) is 4.79 Å². The molecular formula is C15H13BrFNO2. The van der Waals surface area contributed by atoms with E-state index in [0.717, 1.165) is 0 Å². The zero-order valence-corrected chi connectivity index (χ0v) is 12.4. The van der Waals surface area contributed by atoms with Crippen LogP contribution in [-0.2, 0) is 0 Å². The maximum absolute atomic E-state index is 13.3. The van der Waals surface area contributed by atoms with Crippen LogP contribution < -0.4 is 10.1 Å². The van der Waals surface area contributed by atoms with E-state index in [4.69, 9.17) is 4.74 Å². The van der Waals surface area contributed by atoms with Crippen molar-refractivity contribution in [2.24, 2.45) is 0 Å². The lowest BCUT2D eigenvalue weighted by Gasteiger charge is -2.11. The van der Waals surface area contributed by atoms with Gasteiger partial charge in [-0.2, -0.15) is 0 Å². The van der Waals surface area contributed by atoms with Crippen LogP contribution >= 0.6 is 15.9 Å². The molecule has 104 valence electrons. The first kappa shape index (κ1) is 14.5. The van der Waals surface area contributed by atoms with E-state index < -0.39 is 11.7 Å². The third kappa shape index (κ3) is 3.57. The fourth-order valence-corrected chi connectivity index (χ4v) is 2.20. The topological polar surface area (TPSA) is 38.3 Å². The van der Waals surface area contributed by atoms with Gasteiger partial charge in [0.25, 0.3) is 5.91 Å². The maximum Gasteiger partial charge on any atom is 0.255 e. The molecule has 2 rings (SSSR count). The average Bonchev–Trinajstić information content (AvgIpc) is 2.40. The third-order valence-electron chi connectivity index (χ3n) is 2.56. The monoisotopic (exact) mass is 337 g/mol. The molecule has 20 heavy (non-hydrogen) atoms. The quantitative estimate of drug-likeness (QED) is 0.906. The summed E-state index contributed by atoms with van der Waals surface area (Å²) in [6.07, 6.45) is 0. The van der Waals surface area contributed by atoms with Crippen LogP contribution in [0.15, 0.2) is 46.9 Å². The highest BCUT2D eigenvalue weighted by Gasteiger charge is 2.11. The summed E-state index contributed by atoms with van der Waals surface area (Å²) in [6, 6.07) is 11.1. The van der Waals surface area contributed by atoms with E-state index in [1.165, 1.54) is 12.1 Å². The number of hydrogen-bond donors (Lipinski definition) is 1. The number of rotatable bonds is 4. The molecule has 0 spiro atoms. The summed E-state index contributed by atoms with van der Waals surface area (Å²) in [4.78, 5) is 12.1. The van der Waals surface area contributed by atoms with Crippen molar-refractivity contribution in [1.82, 2.24) is 0 Å². The highest BCUT2D eigenvalue weighted by Crippen LogP contribution is 2.24. The second-order valence-corrected chi connectivity index (χ2v) is 4.96. The van der Waals surface area contributed by atoms with Crippen LogP contribution in [0.4, 0.5) is 10.1 Å². The van der Waals surface area contributed by atoms with Crippen molar-refractivity contribution in [2.45, 2.75) is 6.92 Å². The van der Waals surface area contributed by atoms with Gasteiger partial charge >= 0.3 is 0 Å². The fraction of sp³-hybridized carbons (Fsp3) is 0.133. The van der Waals surface area contributed by atoms with Crippen LogP contribution in [0.3, 0.4) is 0 Å². The van der Waals surface area contributed by atoms with Crippen molar-refractivity contribution in [3.05, 3.63) is 58.3 Å². The van der Waals surface area contributed by atoms with Gasteiger partial charge in [-0.25, -0.2) is 4.39 Å². The molecule has 0 atom stereocenters. The van der Waals surface area contributed by atoms with Crippen molar-refractivity contribution in [3.63, 3.8) is 0 Å². The van der Waals surface area contributed by atoms with Gasteiger partial charge in [0.05, 0.1) is 12.3 Å². The molecule has 0 unspecified atom stereocenters. The predicted molar refractivity (Wildman–Crippen MR) is 79.7 cm³/mol. The number of halogens is 2. The number of amides is 1. The first-order valence-corrected chi connectivity index (χ1v) is 6.88. The molecule has 3 nitrogen and oxygen atoms in total. The van der Waals surface area contributed by atoms with Crippen molar-refractivity contribution in [1.29, 1.82) is 0 Å². The Morgan fingerprint density at radius 1 is 1.30 bits per heavy atom. The zero-order chi connectivity index (χ0) is 14.5. The SMILES string of the molecule is CCOc1ccccc1NC(=O)c1cc(F)cc(Br)c1. The molecule has 1 amide bonds. The van der Waals surface area contributed by atoms with Gasteiger partial charge in [0, 0.05) is 10.0 Å². The molecular weight excluding hydrogens is 325 g/mol. The highest BCUT2D eigenvalue weighted by atomic mass is 79.9. The van der Waals surface area contributed by atoms with Gasteiger partial charge in [0.2, 0.25) is 0 Å². The molecule has 2 aromatic rings. The van der Waals surface area contributed by atoms with Crippen molar-refractivity contribution >= 4 is 27.5 Å². The molecule has 0 aliphatic rings. The normalized spacial score (nSPS) is 10.2. The Bertz CT molecular complexity index is 611. The lowest BCUT2D eigenvalue weighted by Crippen LogP contribution is -2.13. The minimum atomic E-state index is -0.470. The minimum absolute atomic E-state index is 0.239. The molecule has 0 saturated heterocycles.